The van der Waals surface area contributed by atoms with Gasteiger partial charge in [0.15, 0.2) is 0 Å². The third kappa shape index (κ3) is 9.30. The summed E-state index contributed by atoms with van der Waals surface area (Å²) >= 11 is 0. The van der Waals surface area contributed by atoms with Gasteiger partial charge in [0.1, 0.15) is 6.54 Å². The quantitative estimate of drug-likeness (QED) is 0.379. The van der Waals surface area contributed by atoms with E-state index in [9.17, 15) is 0 Å². The Hall–Kier alpha value is 0.360. The van der Waals surface area contributed by atoms with Gasteiger partial charge in [-0.05, 0) is 27.9 Å². The molecule has 1 unspecified atom stereocenters. The maximum absolute atomic E-state index is 5.41. The minimum atomic E-state index is 0. The van der Waals surface area contributed by atoms with Gasteiger partial charge in [-0.1, -0.05) is 0 Å². The van der Waals surface area contributed by atoms with Crippen LogP contribution in [-0.4, -0.2) is 69.9 Å². The molecule has 3 nitrogen and oxygen atoms in total. The van der Waals surface area contributed by atoms with E-state index < -0.39 is 0 Å². The van der Waals surface area contributed by atoms with Crippen molar-refractivity contribution in [1.29, 1.82) is 0 Å². The van der Waals surface area contributed by atoms with Crippen molar-refractivity contribution in [2.45, 2.75) is 13.8 Å². The summed E-state index contributed by atoms with van der Waals surface area (Å²) in [6, 6.07) is 0. The third-order valence-electron chi connectivity index (χ3n) is 2.83. The molecule has 0 aromatic carbocycles. The van der Waals surface area contributed by atoms with Gasteiger partial charge in [-0.15, -0.1) is 0 Å². The summed E-state index contributed by atoms with van der Waals surface area (Å²) in [6.07, 6.45) is 0. The van der Waals surface area contributed by atoms with Crippen LogP contribution < -0.4 is 17.0 Å². The smallest absolute Gasteiger partial charge is 0.102 e. The maximum atomic E-state index is 5.41. The van der Waals surface area contributed by atoms with E-state index in [1.807, 2.05) is 0 Å². The summed E-state index contributed by atoms with van der Waals surface area (Å²) in [5, 5.41) is 0. The molecule has 15 heavy (non-hydrogen) atoms. The summed E-state index contributed by atoms with van der Waals surface area (Å²) in [4.78, 5) is 2.24. The molecule has 1 atom stereocenters. The van der Waals surface area contributed by atoms with Crippen LogP contribution in [0.25, 0.3) is 0 Å². The van der Waals surface area contributed by atoms with Crippen LogP contribution in [0.1, 0.15) is 13.8 Å². The van der Waals surface area contributed by atoms with Gasteiger partial charge in [0, 0.05) is 13.2 Å². The van der Waals surface area contributed by atoms with Gasteiger partial charge in [-0.2, -0.15) is 0 Å². The van der Waals surface area contributed by atoms with Crippen molar-refractivity contribution in [1.82, 2.24) is 4.90 Å². The number of nitrogens with zero attached hydrogens (tertiary/aromatic N) is 2. The Morgan fingerprint density at radius 1 is 1.13 bits per heavy atom. The molecule has 0 fully saturated rings. The lowest BCUT2D eigenvalue weighted by Crippen LogP contribution is -3.00. The SMILES string of the molecule is CCOCC[N+](C)(CC)CCN(C)C.[Br-]. The molecule has 0 rings (SSSR count). The van der Waals surface area contributed by atoms with Crippen LogP contribution in [0.3, 0.4) is 0 Å². The van der Waals surface area contributed by atoms with Crippen LogP contribution in [0, 0.1) is 0 Å². The molecule has 0 spiro atoms. The van der Waals surface area contributed by atoms with E-state index in [4.69, 9.17) is 4.74 Å². The zero-order chi connectivity index (χ0) is 11.0. The summed E-state index contributed by atoms with van der Waals surface area (Å²) in [7, 11) is 6.56. The number of likely N-dealkylation sites (N-methyl/N-ethyl adjacent to an activating group) is 2. The fourth-order valence-electron chi connectivity index (χ4n) is 1.30. The predicted octanol–water partition coefficient (Wildman–Crippen LogP) is -1.94. The lowest BCUT2D eigenvalue weighted by Gasteiger charge is -2.34. The Bertz CT molecular complexity index is 145. The molecule has 0 aliphatic heterocycles. The highest BCUT2D eigenvalue weighted by Crippen LogP contribution is 2.01. The zero-order valence-corrected chi connectivity index (χ0v) is 12.5. The Balaban J connectivity index is 0. The van der Waals surface area contributed by atoms with Gasteiger partial charge in [-0.25, -0.2) is 0 Å². The molecule has 0 aromatic rings. The predicted molar refractivity (Wildman–Crippen MR) is 61.5 cm³/mol. The second kappa shape index (κ2) is 9.58. The molecule has 0 radical (unpaired) electrons. The highest BCUT2D eigenvalue weighted by atomic mass is 79.9. The molecule has 0 bridgehead atoms. The lowest BCUT2D eigenvalue weighted by atomic mass is 10.3. The van der Waals surface area contributed by atoms with E-state index >= 15 is 0 Å². The van der Waals surface area contributed by atoms with E-state index in [-0.39, 0.29) is 17.0 Å². The number of ether oxygens (including phenoxy) is 1. The van der Waals surface area contributed by atoms with Gasteiger partial charge in [0.2, 0.25) is 0 Å². The van der Waals surface area contributed by atoms with Gasteiger partial charge < -0.3 is 31.1 Å². The van der Waals surface area contributed by atoms with Gasteiger partial charge in [0.25, 0.3) is 0 Å². The largest absolute Gasteiger partial charge is 1.00 e. The number of halogens is 1. The Morgan fingerprint density at radius 2 is 1.73 bits per heavy atom. The highest BCUT2D eigenvalue weighted by Gasteiger charge is 2.18. The first-order valence-electron chi connectivity index (χ1n) is 5.60. The molecular formula is C11H27BrN2O. The summed E-state index contributed by atoms with van der Waals surface area (Å²) in [6.45, 7) is 10.7. The number of quaternary nitrogens is 1. The minimum absolute atomic E-state index is 0. The maximum Gasteiger partial charge on any atom is 0.102 e. The van der Waals surface area contributed by atoms with Gasteiger partial charge in [-0.3, -0.25) is 0 Å². The number of hydrogen-bond donors (Lipinski definition) is 0. The summed E-state index contributed by atoms with van der Waals surface area (Å²) in [5.74, 6) is 0. The normalized spacial score (nSPS) is 14.8. The summed E-state index contributed by atoms with van der Waals surface area (Å²) in [5.41, 5.74) is 0. The minimum Gasteiger partial charge on any atom is -1.00 e. The first kappa shape index (κ1) is 17.7. The number of hydrogen-bond acceptors (Lipinski definition) is 2. The van der Waals surface area contributed by atoms with Crippen molar-refractivity contribution in [3.05, 3.63) is 0 Å². The molecule has 0 N–H and O–H groups in total. The molecule has 94 valence electrons. The fourth-order valence-corrected chi connectivity index (χ4v) is 1.30. The van der Waals surface area contributed by atoms with E-state index in [1.165, 1.54) is 13.1 Å². The molecule has 0 saturated heterocycles. The molecule has 0 saturated carbocycles. The van der Waals surface area contributed by atoms with Gasteiger partial charge >= 0.3 is 0 Å². The second-order valence-corrected chi connectivity index (χ2v) is 4.38. The van der Waals surface area contributed by atoms with Crippen LogP contribution in [0.2, 0.25) is 0 Å². The fraction of sp³-hybridized carbons (Fsp3) is 1.00. The topological polar surface area (TPSA) is 12.5 Å². The van der Waals surface area contributed by atoms with Gasteiger partial charge in [0.05, 0.1) is 26.7 Å². The third-order valence-corrected chi connectivity index (χ3v) is 2.83. The Morgan fingerprint density at radius 3 is 2.13 bits per heavy atom. The van der Waals surface area contributed by atoms with Crippen LogP contribution in [0.5, 0.6) is 0 Å². The van der Waals surface area contributed by atoms with Crippen molar-refractivity contribution in [3.8, 4) is 0 Å². The molecule has 0 aromatic heterocycles. The van der Waals surface area contributed by atoms with E-state index in [1.54, 1.807) is 0 Å². The summed E-state index contributed by atoms with van der Waals surface area (Å²) < 4.78 is 6.52. The van der Waals surface area contributed by atoms with Crippen molar-refractivity contribution in [2.24, 2.45) is 0 Å². The average Bonchev–Trinajstić information content (AvgIpc) is 2.15. The van der Waals surface area contributed by atoms with Crippen molar-refractivity contribution < 1.29 is 26.2 Å². The number of rotatable bonds is 8. The monoisotopic (exact) mass is 282 g/mol. The Kier molecular flexibility index (Phi) is 11.3. The molecule has 4 heteroatoms. The average molecular weight is 283 g/mol. The van der Waals surface area contributed by atoms with Crippen LogP contribution in [0.4, 0.5) is 0 Å². The van der Waals surface area contributed by atoms with Crippen LogP contribution >= 0.6 is 0 Å². The standard InChI is InChI=1S/C11H27N2O.BrH/c1-6-13(5,9-8-12(3)4)10-11-14-7-2;/h6-11H2,1-5H3;1H/q+1;/p-1. The first-order valence-corrected chi connectivity index (χ1v) is 5.60. The van der Waals surface area contributed by atoms with Crippen LogP contribution in [-0.2, 0) is 4.74 Å². The molecule has 0 heterocycles. The van der Waals surface area contributed by atoms with Crippen molar-refractivity contribution >= 4 is 0 Å². The highest BCUT2D eigenvalue weighted by molar-refractivity contribution is 4.44. The molecule has 0 aliphatic carbocycles. The molecule has 0 aliphatic rings. The van der Waals surface area contributed by atoms with E-state index in [2.05, 4.69) is 39.9 Å². The zero-order valence-electron chi connectivity index (χ0n) is 10.9. The molecular weight excluding hydrogens is 256 g/mol. The first-order chi connectivity index (χ1) is 6.54. The van der Waals surface area contributed by atoms with E-state index in [0.717, 1.165) is 30.8 Å². The lowest BCUT2D eigenvalue weighted by molar-refractivity contribution is -0.907. The Labute approximate surface area is 106 Å². The van der Waals surface area contributed by atoms with Crippen LogP contribution in [0.15, 0.2) is 0 Å². The van der Waals surface area contributed by atoms with E-state index in [0.29, 0.717) is 0 Å². The second-order valence-electron chi connectivity index (χ2n) is 4.38. The van der Waals surface area contributed by atoms with Crippen molar-refractivity contribution in [2.75, 3.05) is 60.5 Å². The molecule has 0 amide bonds. The van der Waals surface area contributed by atoms with Crippen molar-refractivity contribution in [3.63, 3.8) is 0 Å².